The molecule has 0 saturated carbocycles. The second-order valence-corrected chi connectivity index (χ2v) is 5.38. The van der Waals surface area contributed by atoms with E-state index >= 15 is 0 Å². The summed E-state index contributed by atoms with van der Waals surface area (Å²) in [5.41, 5.74) is 2.68. The Kier molecular flexibility index (Phi) is 4.30. The van der Waals surface area contributed by atoms with Gasteiger partial charge in [0.05, 0.1) is 6.54 Å². The molecule has 4 nitrogen and oxygen atoms in total. The largest absolute Gasteiger partial charge is 0.319 e. The molecule has 0 saturated heterocycles. The first-order valence-corrected chi connectivity index (χ1v) is 7.30. The molecule has 0 spiro atoms. The lowest BCUT2D eigenvalue weighted by Gasteiger charge is -2.03. The van der Waals surface area contributed by atoms with Gasteiger partial charge in [0.1, 0.15) is 0 Å². The van der Waals surface area contributed by atoms with Crippen molar-refractivity contribution in [3.63, 3.8) is 0 Å². The second-order valence-electron chi connectivity index (χ2n) is 4.94. The minimum absolute atomic E-state index is 0.214. The van der Waals surface area contributed by atoms with Crippen molar-refractivity contribution in [2.75, 3.05) is 11.9 Å². The number of benzene rings is 2. The molecule has 0 atom stereocenters. The van der Waals surface area contributed by atoms with Crippen LogP contribution in [0.3, 0.4) is 0 Å². The molecule has 1 aliphatic heterocycles. The van der Waals surface area contributed by atoms with Crippen molar-refractivity contribution in [1.29, 1.82) is 0 Å². The zero-order valence-electron chi connectivity index (χ0n) is 11.8. The van der Waals surface area contributed by atoms with Gasteiger partial charge in [0.15, 0.2) is 0 Å². The average Bonchev–Trinajstić information content (AvgIpc) is 2.97. The molecule has 0 fully saturated rings. The molecule has 2 aromatic rings. The first-order valence-electron chi connectivity index (χ1n) is 6.92. The lowest BCUT2D eigenvalue weighted by atomic mass is 10.1. The molecule has 0 bridgehead atoms. The maximum Gasteiger partial charge on any atom is 0.293 e. The first kappa shape index (κ1) is 14.5. The maximum absolute atomic E-state index is 12.1. The number of rotatable bonds is 4. The van der Waals surface area contributed by atoms with Gasteiger partial charge in [-0.25, -0.2) is 4.99 Å². The van der Waals surface area contributed by atoms with E-state index in [4.69, 9.17) is 11.6 Å². The first-order chi connectivity index (χ1) is 10.7. The lowest BCUT2D eigenvalue weighted by Crippen LogP contribution is -2.20. The monoisotopic (exact) mass is 311 g/mol. The van der Waals surface area contributed by atoms with Gasteiger partial charge in [-0.2, -0.15) is 0 Å². The molecule has 1 N–H and O–H groups in total. The normalized spacial score (nSPS) is 13.5. The van der Waals surface area contributed by atoms with Crippen LogP contribution in [0.5, 0.6) is 0 Å². The highest BCUT2D eigenvalue weighted by atomic mass is 35.5. The molecule has 22 heavy (non-hydrogen) atoms. The molecular weight excluding hydrogens is 298 g/mol. The van der Waals surface area contributed by atoms with E-state index in [2.05, 4.69) is 15.3 Å². The van der Waals surface area contributed by atoms with E-state index in [0.29, 0.717) is 23.7 Å². The summed E-state index contributed by atoms with van der Waals surface area (Å²) in [6.45, 7) is 0.465. The maximum atomic E-state index is 12.1. The highest BCUT2D eigenvalue weighted by Crippen LogP contribution is 2.15. The summed E-state index contributed by atoms with van der Waals surface area (Å²) in [4.78, 5) is 20.7. The van der Waals surface area contributed by atoms with Crippen molar-refractivity contribution in [3.05, 3.63) is 65.2 Å². The van der Waals surface area contributed by atoms with Crippen LogP contribution in [0.1, 0.15) is 5.56 Å². The summed E-state index contributed by atoms with van der Waals surface area (Å²) in [5.74, 6) is -0.101. The number of amidine groups is 1. The summed E-state index contributed by atoms with van der Waals surface area (Å²) >= 11 is 5.89. The number of nitrogens with one attached hydrogen (secondary N) is 1. The molecule has 0 radical (unpaired) electrons. The molecule has 5 heteroatoms. The molecule has 0 unspecified atom stereocenters. The van der Waals surface area contributed by atoms with Crippen molar-refractivity contribution in [2.45, 2.75) is 6.42 Å². The number of anilines is 1. The van der Waals surface area contributed by atoms with Crippen molar-refractivity contribution in [2.24, 2.45) is 9.98 Å². The minimum atomic E-state index is -0.315. The van der Waals surface area contributed by atoms with Crippen molar-refractivity contribution < 1.29 is 4.79 Å². The van der Waals surface area contributed by atoms with Crippen LogP contribution < -0.4 is 5.32 Å². The third-order valence-electron chi connectivity index (χ3n) is 3.21. The summed E-state index contributed by atoms with van der Waals surface area (Å²) in [6.07, 6.45) is 0.707. The number of aliphatic imine (C=N–C) groups is 2. The van der Waals surface area contributed by atoms with E-state index in [0.717, 1.165) is 11.3 Å². The predicted molar refractivity (Wildman–Crippen MR) is 90.0 cm³/mol. The van der Waals surface area contributed by atoms with Gasteiger partial charge in [-0.05, 0) is 23.8 Å². The molecule has 1 aliphatic rings. The number of amides is 1. The third-order valence-corrected chi connectivity index (χ3v) is 3.45. The van der Waals surface area contributed by atoms with Crippen LogP contribution in [-0.4, -0.2) is 24.0 Å². The molecule has 2 aromatic carbocycles. The molecular formula is C17H14ClN3O. The van der Waals surface area contributed by atoms with Crippen LogP contribution >= 0.6 is 11.6 Å². The highest BCUT2D eigenvalue weighted by molar-refractivity contribution is 6.45. The Morgan fingerprint density at radius 1 is 1.14 bits per heavy atom. The van der Waals surface area contributed by atoms with Gasteiger partial charge in [0, 0.05) is 22.8 Å². The van der Waals surface area contributed by atoms with Crippen molar-refractivity contribution >= 4 is 34.7 Å². The van der Waals surface area contributed by atoms with E-state index in [1.165, 1.54) is 0 Å². The fourth-order valence-electron chi connectivity index (χ4n) is 2.19. The van der Waals surface area contributed by atoms with E-state index in [1.54, 1.807) is 24.3 Å². The fraction of sp³-hybridized carbons (Fsp3) is 0.118. The Morgan fingerprint density at radius 2 is 1.95 bits per heavy atom. The summed E-state index contributed by atoms with van der Waals surface area (Å²) in [7, 11) is 0. The van der Waals surface area contributed by atoms with Gasteiger partial charge in [0.2, 0.25) is 5.84 Å². The van der Waals surface area contributed by atoms with Crippen molar-refractivity contribution in [1.82, 2.24) is 0 Å². The smallest absolute Gasteiger partial charge is 0.293 e. The van der Waals surface area contributed by atoms with Gasteiger partial charge in [0.25, 0.3) is 5.91 Å². The van der Waals surface area contributed by atoms with Crippen LogP contribution in [0.25, 0.3) is 0 Å². The predicted octanol–water partition coefficient (Wildman–Crippen LogP) is 3.37. The Hall–Kier alpha value is -2.46. The van der Waals surface area contributed by atoms with E-state index in [-0.39, 0.29) is 11.7 Å². The van der Waals surface area contributed by atoms with Crippen molar-refractivity contribution in [3.8, 4) is 0 Å². The van der Waals surface area contributed by atoms with E-state index in [1.807, 2.05) is 30.3 Å². The van der Waals surface area contributed by atoms with Crippen LogP contribution in [0.15, 0.2) is 64.6 Å². The highest BCUT2D eigenvalue weighted by Gasteiger charge is 2.17. The number of hydrogen-bond acceptors (Lipinski definition) is 3. The lowest BCUT2D eigenvalue weighted by molar-refractivity contribution is -0.110. The minimum Gasteiger partial charge on any atom is -0.319 e. The topological polar surface area (TPSA) is 53.8 Å². The van der Waals surface area contributed by atoms with Gasteiger partial charge in [-0.1, -0.05) is 48.0 Å². The zero-order chi connectivity index (χ0) is 15.4. The van der Waals surface area contributed by atoms with E-state index < -0.39 is 0 Å². The van der Waals surface area contributed by atoms with Crippen LogP contribution in [0.4, 0.5) is 5.69 Å². The van der Waals surface area contributed by atoms with Crippen LogP contribution in [0.2, 0.25) is 5.02 Å². The number of nitrogens with zero attached hydrogens (tertiary/aromatic N) is 2. The Balaban J connectivity index is 1.64. The van der Waals surface area contributed by atoms with Gasteiger partial charge < -0.3 is 5.32 Å². The number of carbonyl (C=O) groups excluding carboxylic acids is 1. The van der Waals surface area contributed by atoms with Gasteiger partial charge >= 0.3 is 0 Å². The molecule has 3 rings (SSSR count). The number of carbonyl (C=O) groups is 1. The number of halogens is 1. The Morgan fingerprint density at radius 3 is 2.73 bits per heavy atom. The van der Waals surface area contributed by atoms with Gasteiger partial charge in [-0.15, -0.1) is 0 Å². The number of hydrogen-bond donors (Lipinski definition) is 1. The summed E-state index contributed by atoms with van der Waals surface area (Å²) in [6, 6.07) is 17.0. The Labute approximate surface area is 133 Å². The molecule has 0 aromatic heterocycles. The molecule has 1 amide bonds. The molecule has 0 aliphatic carbocycles. The second kappa shape index (κ2) is 6.54. The quantitative estimate of drug-likeness (QED) is 0.924. The molecule has 110 valence electrons. The fourth-order valence-corrected chi connectivity index (χ4v) is 2.38. The molecule has 1 heterocycles. The van der Waals surface area contributed by atoms with E-state index in [9.17, 15) is 4.79 Å². The zero-order valence-corrected chi connectivity index (χ0v) is 12.5. The average molecular weight is 312 g/mol. The summed E-state index contributed by atoms with van der Waals surface area (Å²) in [5, 5.41) is 3.32. The third kappa shape index (κ3) is 3.59. The van der Waals surface area contributed by atoms with Gasteiger partial charge in [-0.3, -0.25) is 9.79 Å². The van der Waals surface area contributed by atoms with Crippen LogP contribution in [-0.2, 0) is 11.2 Å². The standard InChI is InChI=1S/C17H14ClN3O/c18-13-7-4-8-14(10-13)21-17(22)16-19-11-15(20-16)9-12-5-2-1-3-6-12/h1-8,10H,9,11H2,(H,21,22). The Bertz CT molecular complexity index is 754. The van der Waals surface area contributed by atoms with Crippen LogP contribution in [0, 0.1) is 0 Å². The summed E-state index contributed by atoms with van der Waals surface area (Å²) < 4.78 is 0. The SMILES string of the molecule is O=C(Nc1cccc(Cl)c1)C1=NCC(Cc2ccccc2)=N1.